The number of para-hydroxylation sites is 1. The zero-order valence-corrected chi connectivity index (χ0v) is 13.7. The number of nitrogens with zero attached hydrogens (tertiary/aromatic N) is 2. The number of aromatic nitrogens is 2. The van der Waals surface area contributed by atoms with Gasteiger partial charge in [-0.3, -0.25) is 9.59 Å². The van der Waals surface area contributed by atoms with Crippen LogP contribution in [0.25, 0.3) is 0 Å². The minimum Gasteiger partial charge on any atom is -0.493 e. The molecule has 0 saturated heterocycles. The van der Waals surface area contributed by atoms with Gasteiger partial charge in [0.2, 0.25) is 5.91 Å². The summed E-state index contributed by atoms with van der Waals surface area (Å²) in [6, 6.07) is 11.1. The van der Waals surface area contributed by atoms with E-state index >= 15 is 0 Å². The summed E-state index contributed by atoms with van der Waals surface area (Å²) in [6.45, 7) is 2.95. The highest BCUT2D eigenvalue weighted by Crippen LogP contribution is 2.26. The van der Waals surface area contributed by atoms with Crippen LogP contribution in [0.2, 0.25) is 0 Å². The summed E-state index contributed by atoms with van der Waals surface area (Å²) in [6.07, 6.45) is 1.76. The molecule has 0 bridgehead atoms. The van der Waals surface area contributed by atoms with Crippen LogP contribution in [-0.4, -0.2) is 28.8 Å². The van der Waals surface area contributed by atoms with Crippen molar-refractivity contribution in [1.29, 1.82) is 0 Å². The molecular weight excluding hydrogens is 306 g/mol. The zero-order chi connectivity index (χ0) is 16.9. The number of rotatable bonds is 4. The summed E-state index contributed by atoms with van der Waals surface area (Å²) in [5, 5.41) is 6.99. The number of hydrogen-bond donors (Lipinski definition) is 1. The monoisotopic (exact) mass is 327 g/mol. The smallest absolute Gasteiger partial charge is 0.267 e. The van der Waals surface area contributed by atoms with E-state index < -0.39 is 0 Å². The third-order valence-electron chi connectivity index (χ3n) is 4.15. The first-order chi connectivity index (χ1) is 11.6. The molecule has 1 aromatic carbocycles. The number of carbonyl (C=O) groups is 1. The molecule has 1 aliphatic heterocycles. The molecule has 1 amide bonds. The fraction of sp³-hybridized carbons (Fsp3) is 0.389. The molecule has 0 unspecified atom stereocenters. The summed E-state index contributed by atoms with van der Waals surface area (Å²) in [5.41, 5.74) is 1.61. The largest absolute Gasteiger partial charge is 0.493 e. The van der Waals surface area contributed by atoms with Crippen molar-refractivity contribution in [1.82, 2.24) is 15.1 Å². The number of carbonyl (C=O) groups excluding carboxylic acids is 1. The molecule has 0 fully saturated rings. The first kappa shape index (κ1) is 16.2. The fourth-order valence-corrected chi connectivity index (χ4v) is 2.85. The molecule has 24 heavy (non-hydrogen) atoms. The maximum Gasteiger partial charge on any atom is 0.267 e. The Hall–Kier alpha value is -2.63. The number of hydrogen-bond acceptors (Lipinski definition) is 4. The standard InChI is InChI=1S/C18H21N3O3/c1-13-6-7-18(23)21(20-13)12-17(22)19-11-14-8-9-24-16-5-3-2-4-15(16)10-14/h2-7,14H,8-12H2,1H3,(H,19,22)/t14-/m0/s1. The predicted molar refractivity (Wildman–Crippen MR) is 90.0 cm³/mol. The van der Waals surface area contributed by atoms with Crippen LogP contribution in [0.1, 0.15) is 17.7 Å². The average molecular weight is 327 g/mol. The van der Waals surface area contributed by atoms with Gasteiger partial charge in [-0.05, 0) is 43.4 Å². The van der Waals surface area contributed by atoms with Gasteiger partial charge in [-0.2, -0.15) is 5.10 Å². The molecule has 2 heterocycles. The lowest BCUT2D eigenvalue weighted by atomic mass is 9.97. The highest BCUT2D eigenvalue weighted by Gasteiger charge is 2.18. The Morgan fingerprint density at radius 2 is 2.17 bits per heavy atom. The summed E-state index contributed by atoms with van der Waals surface area (Å²) < 4.78 is 6.93. The Labute approximate surface area is 140 Å². The Morgan fingerprint density at radius 1 is 1.33 bits per heavy atom. The van der Waals surface area contributed by atoms with Crippen LogP contribution in [-0.2, 0) is 17.8 Å². The van der Waals surface area contributed by atoms with Crippen LogP contribution in [0.5, 0.6) is 5.75 Å². The lowest BCUT2D eigenvalue weighted by Gasteiger charge is -2.15. The number of aryl methyl sites for hydroxylation is 1. The molecule has 126 valence electrons. The van der Waals surface area contributed by atoms with Crippen LogP contribution < -0.4 is 15.6 Å². The van der Waals surface area contributed by atoms with Gasteiger partial charge in [0.05, 0.1) is 12.3 Å². The average Bonchev–Trinajstić information content (AvgIpc) is 2.78. The van der Waals surface area contributed by atoms with Crippen molar-refractivity contribution in [2.24, 2.45) is 5.92 Å². The van der Waals surface area contributed by atoms with Gasteiger partial charge in [0, 0.05) is 12.6 Å². The quantitative estimate of drug-likeness (QED) is 0.919. The minimum absolute atomic E-state index is 0.0552. The van der Waals surface area contributed by atoms with E-state index in [9.17, 15) is 9.59 Å². The second kappa shape index (κ2) is 7.29. The molecule has 1 atom stereocenters. The SMILES string of the molecule is Cc1ccc(=O)n(CC(=O)NC[C@H]2CCOc3ccccc3C2)n1. The van der Waals surface area contributed by atoms with Crippen molar-refractivity contribution in [2.75, 3.05) is 13.2 Å². The van der Waals surface area contributed by atoms with E-state index in [1.807, 2.05) is 18.2 Å². The van der Waals surface area contributed by atoms with Gasteiger partial charge in [-0.1, -0.05) is 18.2 Å². The Morgan fingerprint density at radius 3 is 3.04 bits per heavy atom. The fourth-order valence-electron chi connectivity index (χ4n) is 2.85. The van der Waals surface area contributed by atoms with Crippen LogP contribution in [0.15, 0.2) is 41.2 Å². The van der Waals surface area contributed by atoms with Crippen LogP contribution in [0, 0.1) is 12.8 Å². The Bertz CT molecular complexity index is 785. The van der Waals surface area contributed by atoms with E-state index in [4.69, 9.17) is 4.74 Å². The van der Waals surface area contributed by atoms with Crippen molar-refractivity contribution in [2.45, 2.75) is 26.3 Å². The molecule has 1 N–H and O–H groups in total. The lowest BCUT2D eigenvalue weighted by molar-refractivity contribution is -0.122. The van der Waals surface area contributed by atoms with Crippen molar-refractivity contribution < 1.29 is 9.53 Å². The number of ether oxygens (including phenoxy) is 1. The summed E-state index contributed by atoms with van der Waals surface area (Å²) in [7, 11) is 0. The van der Waals surface area contributed by atoms with E-state index in [1.54, 1.807) is 13.0 Å². The number of benzene rings is 1. The first-order valence-corrected chi connectivity index (χ1v) is 8.14. The van der Waals surface area contributed by atoms with Gasteiger partial charge in [-0.15, -0.1) is 0 Å². The van der Waals surface area contributed by atoms with E-state index in [1.165, 1.54) is 16.3 Å². The van der Waals surface area contributed by atoms with Crippen LogP contribution >= 0.6 is 0 Å². The van der Waals surface area contributed by atoms with Gasteiger partial charge in [0.15, 0.2) is 0 Å². The van der Waals surface area contributed by atoms with Crippen molar-refractivity contribution in [3.63, 3.8) is 0 Å². The van der Waals surface area contributed by atoms with Crippen molar-refractivity contribution >= 4 is 5.91 Å². The Kier molecular flexibility index (Phi) is 4.93. The van der Waals surface area contributed by atoms with Gasteiger partial charge in [-0.25, -0.2) is 4.68 Å². The summed E-state index contributed by atoms with van der Waals surface area (Å²) in [5.74, 6) is 1.05. The highest BCUT2D eigenvalue weighted by molar-refractivity contribution is 5.75. The van der Waals surface area contributed by atoms with Crippen molar-refractivity contribution in [3.05, 3.63) is 58.0 Å². The topological polar surface area (TPSA) is 73.2 Å². The maximum absolute atomic E-state index is 12.1. The Balaban J connectivity index is 1.56. The molecule has 0 aliphatic carbocycles. The maximum atomic E-state index is 12.1. The van der Waals surface area contributed by atoms with Gasteiger partial charge in [0.25, 0.3) is 5.56 Å². The third kappa shape index (κ3) is 4.01. The van der Waals surface area contributed by atoms with Gasteiger partial charge >= 0.3 is 0 Å². The lowest BCUT2D eigenvalue weighted by Crippen LogP contribution is -2.36. The second-order valence-corrected chi connectivity index (χ2v) is 6.09. The summed E-state index contributed by atoms with van der Waals surface area (Å²) >= 11 is 0. The van der Waals surface area contributed by atoms with E-state index in [2.05, 4.69) is 16.5 Å². The molecule has 6 heteroatoms. The molecule has 0 radical (unpaired) electrons. The number of amides is 1. The normalized spacial score (nSPS) is 16.6. The zero-order valence-electron chi connectivity index (χ0n) is 13.7. The van der Waals surface area contributed by atoms with E-state index in [0.29, 0.717) is 24.8 Å². The number of nitrogens with one attached hydrogen (secondary N) is 1. The molecule has 1 aliphatic rings. The molecule has 2 aromatic rings. The van der Waals surface area contributed by atoms with E-state index in [-0.39, 0.29) is 18.0 Å². The van der Waals surface area contributed by atoms with Gasteiger partial charge < -0.3 is 10.1 Å². The predicted octanol–water partition coefficient (Wildman–Crippen LogP) is 1.31. The first-order valence-electron chi connectivity index (χ1n) is 8.14. The van der Waals surface area contributed by atoms with E-state index in [0.717, 1.165) is 18.6 Å². The minimum atomic E-state index is -0.271. The number of fused-ring (bicyclic) bond motifs is 1. The van der Waals surface area contributed by atoms with Crippen LogP contribution in [0.3, 0.4) is 0 Å². The molecular formula is C18H21N3O3. The molecule has 0 spiro atoms. The summed E-state index contributed by atoms with van der Waals surface area (Å²) in [4.78, 5) is 23.8. The van der Waals surface area contributed by atoms with Gasteiger partial charge in [0.1, 0.15) is 12.3 Å². The molecule has 6 nitrogen and oxygen atoms in total. The molecule has 3 rings (SSSR count). The van der Waals surface area contributed by atoms with Crippen LogP contribution in [0.4, 0.5) is 0 Å². The molecule has 1 aromatic heterocycles. The van der Waals surface area contributed by atoms with Crippen molar-refractivity contribution in [3.8, 4) is 5.75 Å². The highest BCUT2D eigenvalue weighted by atomic mass is 16.5. The molecule has 0 saturated carbocycles. The second-order valence-electron chi connectivity index (χ2n) is 6.09. The third-order valence-corrected chi connectivity index (χ3v) is 4.15.